The van der Waals surface area contributed by atoms with Gasteiger partial charge in [0, 0.05) is 6.54 Å². The van der Waals surface area contributed by atoms with E-state index in [1.807, 2.05) is 30.3 Å². The van der Waals surface area contributed by atoms with E-state index in [9.17, 15) is 13.2 Å². The Morgan fingerprint density at radius 3 is 2.50 bits per heavy atom. The second-order valence-electron chi connectivity index (χ2n) is 6.89. The number of hydrogen-bond donors (Lipinski definition) is 1. The molecule has 2 nitrogen and oxygen atoms in total. The first kappa shape index (κ1) is 22.0. The number of halogens is 3. The molecule has 0 fully saturated rings. The van der Waals surface area contributed by atoms with Crippen molar-refractivity contribution in [2.75, 3.05) is 6.54 Å². The molecule has 0 amide bonds. The van der Waals surface area contributed by atoms with Gasteiger partial charge in [-0.25, -0.2) is 0 Å². The van der Waals surface area contributed by atoms with Crippen molar-refractivity contribution >= 4 is 0 Å². The van der Waals surface area contributed by atoms with Crippen LogP contribution >= 0.6 is 0 Å². The average Bonchev–Trinajstić information content (AvgIpc) is 2.69. The Kier molecular flexibility index (Phi) is 8.58. The lowest BCUT2D eigenvalue weighted by Gasteiger charge is -2.13. The van der Waals surface area contributed by atoms with Crippen LogP contribution in [-0.4, -0.2) is 6.54 Å². The average molecular weight is 391 g/mol. The molecule has 0 aliphatic heterocycles. The van der Waals surface area contributed by atoms with Crippen molar-refractivity contribution in [1.82, 2.24) is 5.32 Å². The van der Waals surface area contributed by atoms with Crippen molar-refractivity contribution in [1.29, 1.82) is 0 Å². The maximum absolute atomic E-state index is 12.8. The van der Waals surface area contributed by atoms with Gasteiger partial charge in [0.15, 0.2) is 0 Å². The van der Waals surface area contributed by atoms with E-state index in [-0.39, 0.29) is 6.61 Å². The molecule has 0 bridgehead atoms. The monoisotopic (exact) mass is 391 g/mol. The summed E-state index contributed by atoms with van der Waals surface area (Å²) < 4.78 is 43.9. The number of benzene rings is 2. The van der Waals surface area contributed by atoms with Crippen LogP contribution in [0.1, 0.15) is 42.9 Å². The quantitative estimate of drug-likeness (QED) is 0.355. The summed E-state index contributed by atoms with van der Waals surface area (Å²) in [5.41, 5.74) is 0.974. The molecule has 0 heterocycles. The number of ether oxygens (including phenoxy) is 1. The summed E-state index contributed by atoms with van der Waals surface area (Å²) in [6.45, 7) is 7.84. The highest BCUT2D eigenvalue weighted by Gasteiger charge is 2.30. The van der Waals surface area contributed by atoms with E-state index in [1.165, 1.54) is 6.07 Å². The lowest BCUT2D eigenvalue weighted by Crippen LogP contribution is -2.17. The lowest BCUT2D eigenvalue weighted by molar-refractivity contribution is -0.137. The minimum absolute atomic E-state index is 0.100. The van der Waals surface area contributed by atoms with Crippen LogP contribution in [0.4, 0.5) is 13.2 Å². The molecular formula is C23H28F3NO. The number of rotatable bonds is 11. The molecule has 1 N–H and O–H groups in total. The second kappa shape index (κ2) is 10.9. The van der Waals surface area contributed by atoms with Crippen LogP contribution in [0.25, 0.3) is 0 Å². The van der Waals surface area contributed by atoms with Gasteiger partial charge in [0.1, 0.15) is 12.4 Å². The third kappa shape index (κ3) is 7.39. The van der Waals surface area contributed by atoms with E-state index >= 15 is 0 Å². The number of nitrogens with one attached hydrogen (secondary N) is 1. The Bertz CT molecular complexity index is 725. The Balaban J connectivity index is 1.77. The zero-order valence-electron chi connectivity index (χ0n) is 16.3. The first-order valence-corrected chi connectivity index (χ1v) is 9.62. The summed E-state index contributed by atoms with van der Waals surface area (Å²) in [5, 5.41) is 3.44. The highest BCUT2D eigenvalue weighted by Crippen LogP contribution is 2.29. The maximum atomic E-state index is 12.8. The third-order valence-corrected chi connectivity index (χ3v) is 4.72. The van der Waals surface area contributed by atoms with E-state index < -0.39 is 11.7 Å². The van der Waals surface area contributed by atoms with Crippen molar-refractivity contribution in [2.24, 2.45) is 5.92 Å². The predicted octanol–water partition coefficient (Wildman–Crippen LogP) is 6.37. The maximum Gasteiger partial charge on any atom is 0.416 e. The first-order valence-electron chi connectivity index (χ1n) is 9.62. The summed E-state index contributed by atoms with van der Waals surface area (Å²) in [7, 11) is 0. The number of allylic oxidation sites excluding steroid dienone is 1. The smallest absolute Gasteiger partial charge is 0.416 e. The van der Waals surface area contributed by atoms with Crippen molar-refractivity contribution in [3.8, 4) is 5.75 Å². The molecule has 0 saturated carbocycles. The Hall–Kier alpha value is -2.27. The van der Waals surface area contributed by atoms with Crippen molar-refractivity contribution in [2.45, 2.75) is 45.5 Å². The molecule has 28 heavy (non-hydrogen) atoms. The molecule has 2 rings (SSSR count). The summed E-state index contributed by atoms with van der Waals surface area (Å²) in [4.78, 5) is 0. The zero-order valence-corrected chi connectivity index (χ0v) is 16.3. The summed E-state index contributed by atoms with van der Waals surface area (Å²) in [6.07, 6.45) is 0.974. The minimum atomic E-state index is -4.34. The van der Waals surface area contributed by atoms with Gasteiger partial charge in [0.2, 0.25) is 0 Å². The van der Waals surface area contributed by atoms with Crippen LogP contribution in [0.2, 0.25) is 0 Å². The molecule has 2 aromatic rings. The molecule has 2 aromatic carbocycles. The summed E-state index contributed by atoms with van der Waals surface area (Å²) in [6, 6.07) is 12.8. The van der Waals surface area contributed by atoms with Gasteiger partial charge in [-0.3, -0.25) is 0 Å². The SMILES string of the molecule is C=CCC(CC)CCNCc1ccc(OCc2cccc(C(F)(F)F)c2)cc1. The van der Waals surface area contributed by atoms with E-state index in [2.05, 4.69) is 18.8 Å². The van der Waals surface area contributed by atoms with Crippen LogP contribution in [0.3, 0.4) is 0 Å². The molecule has 0 spiro atoms. The second-order valence-corrected chi connectivity index (χ2v) is 6.89. The summed E-state index contributed by atoms with van der Waals surface area (Å²) >= 11 is 0. The molecule has 0 aliphatic carbocycles. The van der Waals surface area contributed by atoms with Crippen LogP contribution in [0.5, 0.6) is 5.75 Å². The molecule has 0 aromatic heterocycles. The molecule has 1 unspecified atom stereocenters. The Morgan fingerprint density at radius 2 is 1.86 bits per heavy atom. The largest absolute Gasteiger partial charge is 0.489 e. The van der Waals surface area contributed by atoms with E-state index in [0.717, 1.165) is 50.0 Å². The Morgan fingerprint density at radius 1 is 1.11 bits per heavy atom. The number of alkyl halides is 3. The number of hydrogen-bond acceptors (Lipinski definition) is 2. The van der Waals surface area contributed by atoms with Crippen LogP contribution in [0.15, 0.2) is 61.2 Å². The normalized spacial score (nSPS) is 12.6. The van der Waals surface area contributed by atoms with Gasteiger partial charge >= 0.3 is 6.18 Å². The van der Waals surface area contributed by atoms with Crippen molar-refractivity contribution in [3.63, 3.8) is 0 Å². The first-order chi connectivity index (χ1) is 13.4. The van der Waals surface area contributed by atoms with Gasteiger partial charge in [-0.05, 0) is 60.7 Å². The fraction of sp³-hybridized carbons (Fsp3) is 0.391. The fourth-order valence-corrected chi connectivity index (χ4v) is 2.97. The standard InChI is InChI=1S/C23H28F3NO/c1-3-6-18(4-2)13-14-27-16-19-9-11-22(12-10-19)28-17-20-7-5-8-21(15-20)23(24,25)26/h3,5,7-12,15,18,27H,1,4,6,13-14,16-17H2,2H3. The third-order valence-electron chi connectivity index (χ3n) is 4.72. The van der Waals surface area contributed by atoms with Crippen LogP contribution in [0, 0.1) is 5.92 Å². The van der Waals surface area contributed by atoms with Gasteiger partial charge < -0.3 is 10.1 Å². The molecule has 0 saturated heterocycles. The van der Waals surface area contributed by atoms with Crippen LogP contribution in [-0.2, 0) is 19.3 Å². The zero-order chi connectivity index (χ0) is 20.4. The van der Waals surface area contributed by atoms with Crippen molar-refractivity contribution in [3.05, 3.63) is 77.9 Å². The van der Waals surface area contributed by atoms with Gasteiger partial charge in [-0.15, -0.1) is 6.58 Å². The van der Waals surface area contributed by atoms with E-state index in [1.54, 1.807) is 6.07 Å². The minimum Gasteiger partial charge on any atom is -0.489 e. The lowest BCUT2D eigenvalue weighted by atomic mass is 9.98. The van der Waals surface area contributed by atoms with Gasteiger partial charge in [-0.2, -0.15) is 13.2 Å². The molecule has 0 radical (unpaired) electrons. The predicted molar refractivity (Wildman–Crippen MR) is 107 cm³/mol. The summed E-state index contributed by atoms with van der Waals surface area (Å²) in [5.74, 6) is 1.31. The van der Waals surface area contributed by atoms with Gasteiger partial charge in [0.25, 0.3) is 0 Å². The highest BCUT2D eigenvalue weighted by atomic mass is 19.4. The topological polar surface area (TPSA) is 21.3 Å². The molecule has 0 aliphatic rings. The Labute approximate surface area is 165 Å². The highest BCUT2D eigenvalue weighted by molar-refractivity contribution is 5.29. The van der Waals surface area contributed by atoms with Crippen molar-refractivity contribution < 1.29 is 17.9 Å². The van der Waals surface area contributed by atoms with Gasteiger partial charge in [-0.1, -0.05) is 43.7 Å². The van der Waals surface area contributed by atoms with Gasteiger partial charge in [0.05, 0.1) is 5.56 Å². The van der Waals surface area contributed by atoms with E-state index in [0.29, 0.717) is 17.2 Å². The molecular weight excluding hydrogens is 363 g/mol. The van der Waals surface area contributed by atoms with Crippen LogP contribution < -0.4 is 10.1 Å². The molecule has 152 valence electrons. The van der Waals surface area contributed by atoms with E-state index in [4.69, 9.17) is 4.74 Å². The molecule has 1 atom stereocenters. The fourth-order valence-electron chi connectivity index (χ4n) is 2.97. The molecule has 5 heteroatoms.